The number of methoxy groups -OCH3 is 3. The second-order valence-electron chi connectivity index (χ2n) is 9.79. The van der Waals surface area contributed by atoms with Crippen molar-refractivity contribution >= 4 is 11.8 Å². The minimum atomic E-state index is -0.587. The zero-order chi connectivity index (χ0) is 24.5. The molecule has 1 N–H and O–H groups in total. The van der Waals surface area contributed by atoms with E-state index in [9.17, 15) is 9.59 Å². The summed E-state index contributed by atoms with van der Waals surface area (Å²) in [4.78, 5) is 26.8. The van der Waals surface area contributed by atoms with Gasteiger partial charge in [-0.15, -0.1) is 0 Å². The highest BCUT2D eigenvalue weighted by Gasteiger charge is 2.47. The molecular formula is C26H35NO6. The van der Waals surface area contributed by atoms with Gasteiger partial charge in [0.25, 0.3) is 0 Å². The van der Waals surface area contributed by atoms with Crippen molar-refractivity contribution in [1.82, 2.24) is 5.32 Å². The van der Waals surface area contributed by atoms with Crippen LogP contribution in [0.25, 0.3) is 0 Å². The van der Waals surface area contributed by atoms with Crippen molar-refractivity contribution in [3.63, 3.8) is 0 Å². The van der Waals surface area contributed by atoms with Crippen LogP contribution < -0.4 is 19.5 Å². The van der Waals surface area contributed by atoms with Gasteiger partial charge >= 0.3 is 5.97 Å². The first-order chi connectivity index (χ1) is 15.5. The van der Waals surface area contributed by atoms with Crippen LogP contribution in [0.15, 0.2) is 35.2 Å². The summed E-state index contributed by atoms with van der Waals surface area (Å²) in [6, 6.07) is 3.52. The Morgan fingerprint density at radius 3 is 2.24 bits per heavy atom. The molecule has 2 aliphatic rings. The van der Waals surface area contributed by atoms with Crippen molar-refractivity contribution in [2.24, 2.45) is 17.3 Å². The van der Waals surface area contributed by atoms with Crippen molar-refractivity contribution in [1.29, 1.82) is 0 Å². The molecule has 33 heavy (non-hydrogen) atoms. The molecule has 0 saturated heterocycles. The summed E-state index contributed by atoms with van der Waals surface area (Å²) >= 11 is 0. The molecule has 1 aromatic rings. The molecule has 1 aliphatic carbocycles. The van der Waals surface area contributed by atoms with Gasteiger partial charge in [0.15, 0.2) is 11.5 Å². The average molecular weight is 458 g/mol. The maximum Gasteiger partial charge on any atom is 0.336 e. The number of ketones is 1. The van der Waals surface area contributed by atoms with Crippen LogP contribution in [0.5, 0.6) is 17.2 Å². The van der Waals surface area contributed by atoms with Crippen molar-refractivity contribution in [3.8, 4) is 17.2 Å². The Hall–Kier alpha value is -2.96. The summed E-state index contributed by atoms with van der Waals surface area (Å²) in [5, 5.41) is 3.33. The number of hydrogen-bond donors (Lipinski definition) is 1. The first kappa shape index (κ1) is 24.7. The Morgan fingerprint density at radius 1 is 1.06 bits per heavy atom. The number of fused-ring (bicyclic) bond motifs is 1. The molecule has 2 unspecified atom stereocenters. The van der Waals surface area contributed by atoms with E-state index in [-0.39, 0.29) is 17.1 Å². The van der Waals surface area contributed by atoms with E-state index in [0.29, 0.717) is 47.1 Å². The maximum absolute atomic E-state index is 13.5. The number of Topliss-reactive ketones (excluding diaryl/α,β-unsaturated/α-hetero) is 1. The van der Waals surface area contributed by atoms with Crippen molar-refractivity contribution < 1.29 is 28.5 Å². The highest BCUT2D eigenvalue weighted by molar-refractivity contribution is 5.96. The fraction of sp³-hybridized carbons (Fsp3) is 0.538. The molecule has 7 nitrogen and oxygen atoms in total. The lowest BCUT2D eigenvalue weighted by Crippen LogP contribution is -2.43. The summed E-state index contributed by atoms with van der Waals surface area (Å²) in [5.74, 6) is 0.176. The average Bonchev–Trinajstić information content (AvgIpc) is 2.74. The normalized spacial score (nSPS) is 21.7. The Bertz CT molecular complexity index is 1000. The Balaban J connectivity index is 2.26. The molecule has 1 heterocycles. The Labute approximate surface area is 196 Å². The van der Waals surface area contributed by atoms with Crippen molar-refractivity contribution in [3.05, 3.63) is 40.7 Å². The molecule has 1 aliphatic heterocycles. The Morgan fingerprint density at radius 2 is 1.67 bits per heavy atom. The molecular weight excluding hydrogens is 422 g/mol. The van der Waals surface area contributed by atoms with Crippen LogP contribution in [0.1, 0.15) is 52.5 Å². The quantitative estimate of drug-likeness (QED) is 0.609. The van der Waals surface area contributed by atoms with Gasteiger partial charge in [0.05, 0.1) is 39.4 Å². The van der Waals surface area contributed by atoms with Gasteiger partial charge in [-0.25, -0.2) is 4.79 Å². The fourth-order valence-corrected chi connectivity index (χ4v) is 4.69. The van der Waals surface area contributed by atoms with E-state index in [4.69, 9.17) is 18.9 Å². The van der Waals surface area contributed by atoms with E-state index in [0.717, 1.165) is 5.70 Å². The topological polar surface area (TPSA) is 83.1 Å². The summed E-state index contributed by atoms with van der Waals surface area (Å²) < 4.78 is 22.3. The van der Waals surface area contributed by atoms with Gasteiger partial charge in [0, 0.05) is 35.4 Å². The third kappa shape index (κ3) is 4.87. The van der Waals surface area contributed by atoms with E-state index in [1.54, 1.807) is 33.5 Å². The number of ether oxygens (including phenoxy) is 4. The first-order valence-electron chi connectivity index (χ1n) is 11.2. The Kier molecular flexibility index (Phi) is 7.10. The smallest absolute Gasteiger partial charge is 0.336 e. The second-order valence-corrected chi connectivity index (χ2v) is 9.79. The van der Waals surface area contributed by atoms with Crippen molar-refractivity contribution in [2.75, 3.05) is 27.9 Å². The van der Waals surface area contributed by atoms with Gasteiger partial charge in [-0.05, 0) is 24.3 Å². The molecule has 0 amide bonds. The SMILES string of the molecule is COc1cc(OC)c(C2C(C(=O)OCC(C)C)=C(C)NC3=CC(C)(C)CC(=O)C32)cc1OC. The predicted octanol–water partition coefficient (Wildman–Crippen LogP) is 4.37. The number of carbonyl (C=O) groups is 2. The van der Waals surface area contributed by atoms with Crippen LogP contribution in [-0.4, -0.2) is 39.7 Å². The summed E-state index contributed by atoms with van der Waals surface area (Å²) in [5.41, 5.74) is 2.29. The third-order valence-corrected chi connectivity index (χ3v) is 6.08. The van der Waals surface area contributed by atoms with Gasteiger partial charge in [0.1, 0.15) is 11.5 Å². The maximum atomic E-state index is 13.5. The molecule has 2 atom stereocenters. The number of esters is 1. The molecule has 180 valence electrons. The van der Waals surface area contributed by atoms with Gasteiger partial charge in [-0.2, -0.15) is 0 Å². The molecule has 0 bridgehead atoms. The number of benzene rings is 1. The molecule has 0 spiro atoms. The number of allylic oxidation sites excluding steroid dienone is 3. The van der Waals surface area contributed by atoms with Crippen LogP contribution in [0, 0.1) is 17.3 Å². The summed E-state index contributed by atoms with van der Waals surface area (Å²) in [6.07, 6.45) is 2.47. The lowest BCUT2D eigenvalue weighted by molar-refractivity contribution is -0.140. The van der Waals surface area contributed by atoms with E-state index >= 15 is 0 Å². The number of carbonyl (C=O) groups excluding carboxylic acids is 2. The van der Waals surface area contributed by atoms with E-state index < -0.39 is 17.8 Å². The monoisotopic (exact) mass is 457 g/mol. The van der Waals surface area contributed by atoms with E-state index in [1.165, 1.54) is 0 Å². The molecule has 0 radical (unpaired) electrons. The van der Waals surface area contributed by atoms with Gasteiger partial charge in [0.2, 0.25) is 0 Å². The van der Waals surface area contributed by atoms with Gasteiger partial charge in [-0.1, -0.05) is 33.8 Å². The number of rotatable bonds is 7. The fourth-order valence-electron chi connectivity index (χ4n) is 4.69. The lowest BCUT2D eigenvalue weighted by Gasteiger charge is -2.41. The molecule has 7 heteroatoms. The zero-order valence-electron chi connectivity index (χ0n) is 20.8. The summed E-state index contributed by atoms with van der Waals surface area (Å²) in [6.45, 7) is 10.2. The van der Waals surface area contributed by atoms with Crippen molar-refractivity contribution in [2.45, 2.75) is 47.0 Å². The van der Waals surface area contributed by atoms with Crippen LogP contribution in [-0.2, 0) is 14.3 Å². The molecule has 1 aromatic carbocycles. The minimum absolute atomic E-state index is 0.0634. The van der Waals surface area contributed by atoms with E-state index in [1.807, 2.05) is 34.6 Å². The standard InChI is InChI=1S/C26H35NO6/c1-14(2)13-33-25(29)22-15(3)27-17-11-26(4,5)12-18(28)24(17)23(22)16-9-20(31-7)21(32-8)10-19(16)30-6/h9-11,14,23-24,27H,12-13H2,1-8H3. The zero-order valence-corrected chi connectivity index (χ0v) is 20.8. The third-order valence-electron chi connectivity index (χ3n) is 6.08. The molecule has 0 aromatic heterocycles. The second kappa shape index (κ2) is 9.49. The summed E-state index contributed by atoms with van der Waals surface area (Å²) in [7, 11) is 4.66. The number of nitrogens with one attached hydrogen (secondary N) is 1. The number of hydrogen-bond acceptors (Lipinski definition) is 7. The first-order valence-corrected chi connectivity index (χ1v) is 11.2. The van der Waals surface area contributed by atoms with Crippen LogP contribution in [0.3, 0.4) is 0 Å². The largest absolute Gasteiger partial charge is 0.496 e. The molecule has 3 rings (SSSR count). The predicted molar refractivity (Wildman–Crippen MR) is 125 cm³/mol. The van der Waals surface area contributed by atoms with Crippen LogP contribution in [0.2, 0.25) is 0 Å². The highest BCUT2D eigenvalue weighted by Crippen LogP contribution is 2.50. The molecule has 0 fully saturated rings. The van der Waals surface area contributed by atoms with Crippen LogP contribution >= 0.6 is 0 Å². The lowest BCUT2D eigenvalue weighted by atomic mass is 9.66. The van der Waals surface area contributed by atoms with Gasteiger partial charge < -0.3 is 24.3 Å². The van der Waals surface area contributed by atoms with Crippen LogP contribution in [0.4, 0.5) is 0 Å². The van der Waals surface area contributed by atoms with E-state index in [2.05, 4.69) is 11.4 Å². The minimum Gasteiger partial charge on any atom is -0.496 e. The molecule has 0 saturated carbocycles. The van der Waals surface area contributed by atoms with Gasteiger partial charge in [-0.3, -0.25) is 4.79 Å². The highest BCUT2D eigenvalue weighted by atomic mass is 16.5.